The summed E-state index contributed by atoms with van der Waals surface area (Å²) in [6.45, 7) is 4.94. The van der Waals surface area contributed by atoms with E-state index in [1.54, 1.807) is 6.07 Å². The lowest BCUT2D eigenvalue weighted by molar-refractivity contribution is 0.0762. The van der Waals surface area contributed by atoms with Crippen LogP contribution in [0.5, 0.6) is 5.75 Å². The van der Waals surface area contributed by atoms with Gasteiger partial charge in [0, 0.05) is 13.2 Å². The number of nitrogen functional groups attached to an aromatic ring is 1. The summed E-state index contributed by atoms with van der Waals surface area (Å²) in [5.74, 6) is 0.458. The van der Waals surface area contributed by atoms with Crippen LogP contribution >= 0.6 is 0 Å². The number of rotatable bonds is 9. The molecule has 0 spiro atoms. The summed E-state index contributed by atoms with van der Waals surface area (Å²) in [7, 11) is -2.05. The number of methoxy groups -OCH3 is 1. The molecule has 1 aromatic carbocycles. The van der Waals surface area contributed by atoms with Gasteiger partial charge >= 0.3 is 0 Å². The van der Waals surface area contributed by atoms with Crippen molar-refractivity contribution in [3.63, 3.8) is 0 Å². The van der Waals surface area contributed by atoms with Crippen LogP contribution in [0.1, 0.15) is 26.7 Å². The van der Waals surface area contributed by atoms with Crippen LogP contribution < -0.4 is 15.2 Å². The van der Waals surface area contributed by atoms with Gasteiger partial charge in [-0.2, -0.15) is 0 Å². The molecule has 21 heavy (non-hydrogen) atoms. The molecule has 0 saturated heterocycles. The van der Waals surface area contributed by atoms with Crippen molar-refractivity contribution < 1.29 is 17.9 Å². The lowest BCUT2D eigenvalue weighted by Gasteiger charge is -2.10. The smallest absolute Gasteiger partial charge is 0.240 e. The number of hydrogen-bond acceptors (Lipinski definition) is 5. The van der Waals surface area contributed by atoms with E-state index in [4.69, 9.17) is 15.2 Å². The Hall–Kier alpha value is -1.31. The maximum absolute atomic E-state index is 12.1. The van der Waals surface area contributed by atoms with Gasteiger partial charge in [-0.3, -0.25) is 0 Å². The Bertz CT molecular complexity index is 544. The number of anilines is 1. The molecule has 1 rings (SSSR count). The van der Waals surface area contributed by atoms with Gasteiger partial charge in [-0.1, -0.05) is 0 Å². The van der Waals surface area contributed by atoms with Crippen LogP contribution in [0.25, 0.3) is 0 Å². The van der Waals surface area contributed by atoms with Crippen LogP contribution in [0.2, 0.25) is 0 Å². The predicted molar refractivity (Wildman–Crippen MR) is 82.9 cm³/mol. The molecule has 0 atom stereocenters. The van der Waals surface area contributed by atoms with Crippen molar-refractivity contribution in [2.24, 2.45) is 0 Å². The van der Waals surface area contributed by atoms with Crippen molar-refractivity contribution in [2.45, 2.75) is 37.7 Å². The molecular formula is C14H24N2O4S. The Labute approximate surface area is 126 Å². The van der Waals surface area contributed by atoms with Gasteiger partial charge in [-0.25, -0.2) is 13.1 Å². The van der Waals surface area contributed by atoms with E-state index in [0.29, 0.717) is 24.6 Å². The molecule has 120 valence electrons. The second-order valence-corrected chi connectivity index (χ2v) is 6.70. The zero-order chi connectivity index (χ0) is 15.9. The third kappa shape index (κ3) is 5.91. The molecular weight excluding hydrogens is 292 g/mol. The third-order valence-corrected chi connectivity index (χ3v) is 4.28. The van der Waals surface area contributed by atoms with Crippen molar-refractivity contribution in [2.75, 3.05) is 26.0 Å². The quantitative estimate of drug-likeness (QED) is 0.535. The van der Waals surface area contributed by atoms with Crippen LogP contribution in [-0.2, 0) is 14.8 Å². The number of nitrogens with one attached hydrogen (secondary N) is 1. The normalized spacial score (nSPS) is 11.8. The Morgan fingerprint density at radius 2 is 2.00 bits per heavy atom. The molecule has 6 nitrogen and oxygen atoms in total. The number of hydrogen-bond donors (Lipinski definition) is 2. The lowest BCUT2D eigenvalue weighted by atomic mass is 10.3. The highest BCUT2D eigenvalue weighted by Crippen LogP contribution is 2.24. The van der Waals surface area contributed by atoms with Crippen LogP contribution in [0.15, 0.2) is 23.1 Å². The summed E-state index contributed by atoms with van der Waals surface area (Å²) in [4.78, 5) is 0.138. The standard InChI is InChI=1S/C14H24N2O4S/c1-11(2)20-9-5-4-8-16-21(17,18)12-6-7-14(19-3)13(15)10-12/h6-7,10-11,16H,4-5,8-9,15H2,1-3H3. The first-order valence-electron chi connectivity index (χ1n) is 6.91. The molecule has 0 amide bonds. The fraction of sp³-hybridized carbons (Fsp3) is 0.571. The third-order valence-electron chi connectivity index (χ3n) is 2.83. The van der Waals surface area contributed by atoms with E-state index in [9.17, 15) is 8.42 Å². The molecule has 0 aliphatic heterocycles. The van der Waals surface area contributed by atoms with Crippen LogP contribution in [0, 0.1) is 0 Å². The monoisotopic (exact) mass is 316 g/mol. The van der Waals surface area contributed by atoms with Gasteiger partial charge in [-0.05, 0) is 44.9 Å². The van der Waals surface area contributed by atoms with Crippen LogP contribution in [-0.4, -0.2) is 34.8 Å². The van der Waals surface area contributed by atoms with E-state index in [0.717, 1.165) is 12.8 Å². The molecule has 0 radical (unpaired) electrons. The predicted octanol–water partition coefficient (Wildman–Crippen LogP) is 1.76. The highest BCUT2D eigenvalue weighted by molar-refractivity contribution is 7.89. The maximum Gasteiger partial charge on any atom is 0.240 e. The van der Waals surface area contributed by atoms with Crippen molar-refractivity contribution in [3.8, 4) is 5.75 Å². The molecule has 1 aromatic rings. The highest BCUT2D eigenvalue weighted by Gasteiger charge is 2.14. The zero-order valence-electron chi connectivity index (χ0n) is 12.8. The number of sulfonamides is 1. The van der Waals surface area contributed by atoms with Gasteiger partial charge < -0.3 is 15.2 Å². The zero-order valence-corrected chi connectivity index (χ0v) is 13.6. The Morgan fingerprint density at radius 3 is 2.57 bits per heavy atom. The second kappa shape index (κ2) is 8.21. The Balaban J connectivity index is 2.48. The fourth-order valence-electron chi connectivity index (χ4n) is 1.72. The minimum atomic E-state index is -3.54. The molecule has 3 N–H and O–H groups in total. The Morgan fingerprint density at radius 1 is 1.29 bits per heavy atom. The molecule has 0 saturated carbocycles. The first-order chi connectivity index (χ1) is 9.86. The molecule has 0 bridgehead atoms. The van der Waals surface area contributed by atoms with E-state index < -0.39 is 10.0 Å². The average molecular weight is 316 g/mol. The van der Waals surface area contributed by atoms with Gasteiger partial charge in [-0.15, -0.1) is 0 Å². The second-order valence-electron chi connectivity index (χ2n) is 4.93. The van der Waals surface area contributed by atoms with Crippen LogP contribution in [0.3, 0.4) is 0 Å². The van der Waals surface area contributed by atoms with Crippen molar-refractivity contribution in [1.29, 1.82) is 0 Å². The van der Waals surface area contributed by atoms with E-state index in [-0.39, 0.29) is 11.0 Å². The first kappa shape index (κ1) is 17.7. The Kier molecular flexibility index (Phi) is 6.94. The number of nitrogens with two attached hydrogens (primary N) is 1. The minimum absolute atomic E-state index is 0.138. The summed E-state index contributed by atoms with van der Waals surface area (Å²) in [6, 6.07) is 4.41. The van der Waals surface area contributed by atoms with E-state index in [2.05, 4.69) is 4.72 Å². The van der Waals surface area contributed by atoms with Gasteiger partial charge in [0.1, 0.15) is 5.75 Å². The van der Waals surface area contributed by atoms with Gasteiger partial charge in [0.2, 0.25) is 10.0 Å². The van der Waals surface area contributed by atoms with Gasteiger partial charge in [0.25, 0.3) is 0 Å². The summed E-state index contributed by atoms with van der Waals surface area (Å²) in [5.41, 5.74) is 6.01. The maximum atomic E-state index is 12.1. The van der Waals surface area contributed by atoms with E-state index >= 15 is 0 Å². The largest absolute Gasteiger partial charge is 0.495 e. The van der Waals surface area contributed by atoms with Gasteiger partial charge in [0.15, 0.2) is 0 Å². The number of unbranched alkanes of at least 4 members (excludes halogenated alkanes) is 1. The van der Waals surface area contributed by atoms with Crippen molar-refractivity contribution in [3.05, 3.63) is 18.2 Å². The average Bonchev–Trinajstić information content (AvgIpc) is 2.42. The van der Waals surface area contributed by atoms with Crippen molar-refractivity contribution >= 4 is 15.7 Å². The lowest BCUT2D eigenvalue weighted by Crippen LogP contribution is -2.25. The van der Waals surface area contributed by atoms with Crippen LogP contribution in [0.4, 0.5) is 5.69 Å². The minimum Gasteiger partial charge on any atom is -0.495 e. The molecule has 0 aromatic heterocycles. The van der Waals surface area contributed by atoms with Crippen molar-refractivity contribution in [1.82, 2.24) is 4.72 Å². The van der Waals surface area contributed by atoms with Gasteiger partial charge in [0.05, 0.1) is 23.8 Å². The fourth-order valence-corrected chi connectivity index (χ4v) is 2.82. The molecule has 0 unspecified atom stereocenters. The number of ether oxygens (including phenoxy) is 2. The summed E-state index contributed by atoms with van der Waals surface area (Å²) in [6.07, 6.45) is 1.73. The summed E-state index contributed by atoms with van der Waals surface area (Å²) >= 11 is 0. The summed E-state index contributed by atoms with van der Waals surface area (Å²) in [5, 5.41) is 0. The number of benzene rings is 1. The molecule has 0 fully saturated rings. The molecule has 0 aliphatic rings. The van der Waals surface area contributed by atoms with E-state index in [1.165, 1.54) is 19.2 Å². The van der Waals surface area contributed by atoms with E-state index in [1.807, 2.05) is 13.8 Å². The topological polar surface area (TPSA) is 90.7 Å². The highest BCUT2D eigenvalue weighted by atomic mass is 32.2. The SMILES string of the molecule is COc1ccc(S(=O)(=O)NCCCCOC(C)C)cc1N. The first-order valence-corrected chi connectivity index (χ1v) is 8.40. The molecule has 7 heteroatoms. The molecule has 0 aliphatic carbocycles. The molecule has 0 heterocycles. The summed E-state index contributed by atoms with van der Waals surface area (Å²) < 4.78 is 37.1.